The molecule has 0 heterocycles. The van der Waals surface area contributed by atoms with Crippen LogP contribution >= 0.6 is 24.0 Å². The molecule has 0 aliphatic heterocycles. The number of hydrogen-bond donors (Lipinski definition) is 3. The Morgan fingerprint density at radius 1 is 1.19 bits per heavy atom. The first-order valence-corrected chi connectivity index (χ1v) is 8.06. The minimum Gasteiger partial charge on any atom is -0.357 e. The number of nitrogens with one attached hydrogen (secondary N) is 3. The highest BCUT2D eigenvalue weighted by molar-refractivity contribution is 14.0. The van der Waals surface area contributed by atoms with Crippen molar-refractivity contribution < 1.29 is 8.42 Å². The van der Waals surface area contributed by atoms with Gasteiger partial charge in [0.15, 0.2) is 5.96 Å². The van der Waals surface area contributed by atoms with E-state index < -0.39 is 10.0 Å². The largest absolute Gasteiger partial charge is 0.357 e. The number of aliphatic imine (C=N–C) groups is 1. The molecule has 1 aromatic carbocycles. The number of benzene rings is 1. The van der Waals surface area contributed by atoms with E-state index >= 15 is 0 Å². The Hall–Kier alpha value is -0.870. The standard InChI is InChI=1S/C13H22N4O2S.HI/c1-4-15-13(16-5-2)17-10-11-7-6-8-12(9-11)20(18,19)14-3;/h6-9,14H,4-5,10H2,1-3H3,(H2,15,16,17);1H. The van der Waals surface area contributed by atoms with E-state index in [4.69, 9.17) is 0 Å². The van der Waals surface area contributed by atoms with Gasteiger partial charge in [0.1, 0.15) is 0 Å². The van der Waals surface area contributed by atoms with Crippen LogP contribution in [-0.4, -0.2) is 34.5 Å². The van der Waals surface area contributed by atoms with Crippen LogP contribution in [0.2, 0.25) is 0 Å². The SMILES string of the molecule is CCNC(=NCc1cccc(S(=O)(=O)NC)c1)NCC.I. The predicted molar refractivity (Wildman–Crippen MR) is 96.6 cm³/mol. The van der Waals surface area contributed by atoms with Crippen LogP contribution in [0.15, 0.2) is 34.2 Å². The maximum Gasteiger partial charge on any atom is 0.240 e. The molecule has 0 radical (unpaired) electrons. The van der Waals surface area contributed by atoms with Gasteiger partial charge in [-0.2, -0.15) is 0 Å². The number of sulfonamides is 1. The van der Waals surface area contributed by atoms with Gasteiger partial charge >= 0.3 is 0 Å². The fraction of sp³-hybridized carbons (Fsp3) is 0.462. The first-order valence-electron chi connectivity index (χ1n) is 6.58. The summed E-state index contributed by atoms with van der Waals surface area (Å²) in [4.78, 5) is 4.65. The van der Waals surface area contributed by atoms with Crippen molar-refractivity contribution in [2.75, 3.05) is 20.1 Å². The van der Waals surface area contributed by atoms with Crippen LogP contribution in [0.25, 0.3) is 0 Å². The van der Waals surface area contributed by atoms with Gasteiger partial charge < -0.3 is 10.6 Å². The van der Waals surface area contributed by atoms with Gasteiger partial charge in [0, 0.05) is 13.1 Å². The molecule has 0 spiro atoms. The van der Waals surface area contributed by atoms with Crippen molar-refractivity contribution in [2.24, 2.45) is 4.99 Å². The van der Waals surface area contributed by atoms with E-state index in [2.05, 4.69) is 20.3 Å². The fourth-order valence-electron chi connectivity index (χ4n) is 1.61. The van der Waals surface area contributed by atoms with Crippen LogP contribution in [0.3, 0.4) is 0 Å². The van der Waals surface area contributed by atoms with Crippen LogP contribution < -0.4 is 15.4 Å². The van der Waals surface area contributed by atoms with Gasteiger partial charge in [-0.15, -0.1) is 24.0 Å². The molecule has 1 aromatic rings. The third kappa shape index (κ3) is 6.62. The summed E-state index contributed by atoms with van der Waals surface area (Å²) in [6.07, 6.45) is 0. The highest BCUT2D eigenvalue weighted by Gasteiger charge is 2.11. The second-order valence-corrected chi connectivity index (χ2v) is 5.97. The third-order valence-electron chi connectivity index (χ3n) is 2.59. The summed E-state index contributed by atoms with van der Waals surface area (Å²) in [6.45, 7) is 5.96. The van der Waals surface area contributed by atoms with Gasteiger partial charge in [0.25, 0.3) is 0 Å². The molecule has 8 heteroatoms. The minimum atomic E-state index is -3.41. The molecule has 0 aliphatic carbocycles. The zero-order valence-corrected chi connectivity index (χ0v) is 15.7. The summed E-state index contributed by atoms with van der Waals surface area (Å²) in [5.41, 5.74) is 0.842. The number of halogens is 1. The summed E-state index contributed by atoms with van der Waals surface area (Å²) in [7, 11) is -2.01. The van der Waals surface area contributed by atoms with Gasteiger partial charge in [-0.1, -0.05) is 12.1 Å². The molecular formula is C13H23IN4O2S. The van der Waals surface area contributed by atoms with Crippen molar-refractivity contribution in [1.82, 2.24) is 15.4 Å². The van der Waals surface area contributed by atoms with E-state index in [-0.39, 0.29) is 28.9 Å². The van der Waals surface area contributed by atoms with Crippen LogP contribution in [-0.2, 0) is 16.6 Å². The highest BCUT2D eigenvalue weighted by Crippen LogP contribution is 2.11. The molecule has 0 atom stereocenters. The molecule has 0 bridgehead atoms. The van der Waals surface area contributed by atoms with E-state index in [1.54, 1.807) is 18.2 Å². The van der Waals surface area contributed by atoms with Gasteiger partial charge in [-0.25, -0.2) is 18.1 Å². The molecule has 120 valence electrons. The van der Waals surface area contributed by atoms with Crippen LogP contribution in [0, 0.1) is 0 Å². The fourth-order valence-corrected chi connectivity index (χ4v) is 2.41. The Bertz CT molecular complexity index is 553. The second kappa shape index (κ2) is 9.96. The predicted octanol–water partition coefficient (Wildman–Crippen LogP) is 1.29. The molecule has 0 fully saturated rings. The number of guanidine groups is 1. The van der Waals surface area contributed by atoms with E-state index in [1.807, 2.05) is 19.9 Å². The maximum atomic E-state index is 11.7. The number of nitrogens with zero attached hydrogens (tertiary/aromatic N) is 1. The average molecular weight is 426 g/mol. The van der Waals surface area contributed by atoms with E-state index in [0.29, 0.717) is 6.54 Å². The average Bonchev–Trinajstić information content (AvgIpc) is 2.45. The highest BCUT2D eigenvalue weighted by atomic mass is 127. The molecular weight excluding hydrogens is 403 g/mol. The van der Waals surface area contributed by atoms with Crippen molar-refractivity contribution in [3.63, 3.8) is 0 Å². The van der Waals surface area contributed by atoms with Crippen molar-refractivity contribution in [1.29, 1.82) is 0 Å². The summed E-state index contributed by atoms with van der Waals surface area (Å²) in [6, 6.07) is 6.77. The summed E-state index contributed by atoms with van der Waals surface area (Å²) in [5, 5.41) is 6.24. The maximum absolute atomic E-state index is 11.7. The Labute approximate surface area is 143 Å². The lowest BCUT2D eigenvalue weighted by Gasteiger charge is -2.09. The molecule has 0 saturated heterocycles. The van der Waals surface area contributed by atoms with E-state index in [1.165, 1.54) is 7.05 Å². The molecule has 0 aliphatic rings. The monoisotopic (exact) mass is 426 g/mol. The Morgan fingerprint density at radius 2 is 1.81 bits per heavy atom. The van der Waals surface area contributed by atoms with Gasteiger partial charge in [0.2, 0.25) is 10.0 Å². The molecule has 6 nitrogen and oxygen atoms in total. The normalized spacial score (nSPS) is 10.4. The molecule has 0 amide bonds. The quantitative estimate of drug-likeness (QED) is 0.364. The zero-order chi connectivity index (χ0) is 15.0. The van der Waals surface area contributed by atoms with E-state index in [9.17, 15) is 8.42 Å². The molecule has 3 N–H and O–H groups in total. The Kier molecular flexibility index (Phi) is 9.54. The summed E-state index contributed by atoms with van der Waals surface area (Å²) >= 11 is 0. The third-order valence-corrected chi connectivity index (χ3v) is 4.00. The topological polar surface area (TPSA) is 82.6 Å². The molecule has 1 rings (SSSR count). The lowest BCUT2D eigenvalue weighted by atomic mass is 10.2. The van der Waals surface area contributed by atoms with Crippen molar-refractivity contribution in [3.05, 3.63) is 29.8 Å². The lowest BCUT2D eigenvalue weighted by molar-refractivity contribution is 0.588. The molecule has 0 unspecified atom stereocenters. The molecule has 0 aromatic heterocycles. The van der Waals surface area contributed by atoms with E-state index in [0.717, 1.165) is 24.6 Å². The van der Waals surface area contributed by atoms with Crippen LogP contribution in [0.5, 0.6) is 0 Å². The van der Waals surface area contributed by atoms with Crippen LogP contribution in [0.4, 0.5) is 0 Å². The zero-order valence-electron chi connectivity index (χ0n) is 12.5. The van der Waals surface area contributed by atoms with Crippen LogP contribution in [0.1, 0.15) is 19.4 Å². The summed E-state index contributed by atoms with van der Waals surface area (Å²) < 4.78 is 25.8. The second-order valence-electron chi connectivity index (χ2n) is 4.08. The first-order chi connectivity index (χ1) is 9.53. The lowest BCUT2D eigenvalue weighted by Crippen LogP contribution is -2.36. The van der Waals surface area contributed by atoms with Crippen molar-refractivity contribution in [2.45, 2.75) is 25.3 Å². The first kappa shape index (κ1) is 20.1. The molecule has 21 heavy (non-hydrogen) atoms. The van der Waals surface area contributed by atoms with Crippen molar-refractivity contribution in [3.8, 4) is 0 Å². The Balaban J connectivity index is 0.00000400. The number of rotatable bonds is 6. The molecule has 0 saturated carbocycles. The van der Waals surface area contributed by atoms with Gasteiger partial charge in [0.05, 0.1) is 11.4 Å². The van der Waals surface area contributed by atoms with Gasteiger partial charge in [-0.05, 0) is 38.6 Å². The Morgan fingerprint density at radius 3 is 2.33 bits per heavy atom. The minimum absolute atomic E-state index is 0. The van der Waals surface area contributed by atoms with Crippen molar-refractivity contribution >= 4 is 40.0 Å². The summed E-state index contributed by atoms with van der Waals surface area (Å²) in [5.74, 6) is 0.719. The van der Waals surface area contributed by atoms with Gasteiger partial charge in [-0.3, -0.25) is 0 Å². The number of hydrogen-bond acceptors (Lipinski definition) is 3. The smallest absolute Gasteiger partial charge is 0.240 e.